The summed E-state index contributed by atoms with van der Waals surface area (Å²) in [5, 5.41) is 8.62. The van der Waals surface area contributed by atoms with Crippen molar-refractivity contribution in [1.82, 2.24) is 14.2 Å². The molecule has 5 heteroatoms. The van der Waals surface area contributed by atoms with Gasteiger partial charge in [-0.05, 0) is 37.0 Å². The third kappa shape index (κ3) is 3.45. The summed E-state index contributed by atoms with van der Waals surface area (Å²) in [5.41, 5.74) is 7.94. The van der Waals surface area contributed by atoms with Crippen molar-refractivity contribution >= 4 is 28.5 Å². The number of aromatic nitrogens is 3. The molecule has 0 unspecified atom stereocenters. The fourth-order valence-corrected chi connectivity index (χ4v) is 5.18. The number of rotatable bonds is 4. The average molecular weight is 449 g/mol. The van der Waals surface area contributed by atoms with Gasteiger partial charge in [-0.2, -0.15) is 0 Å². The van der Waals surface area contributed by atoms with Crippen molar-refractivity contribution in [1.29, 1.82) is 0 Å². The van der Waals surface area contributed by atoms with Crippen LogP contribution in [0.4, 0.5) is 5.69 Å². The van der Waals surface area contributed by atoms with E-state index in [2.05, 4.69) is 69.0 Å². The Labute approximate surface area is 198 Å². The molecule has 33 heavy (non-hydrogen) atoms. The molecule has 0 fully saturated rings. The highest BCUT2D eigenvalue weighted by Gasteiger charge is 2.29. The van der Waals surface area contributed by atoms with Gasteiger partial charge in [0.1, 0.15) is 16.3 Å². The SMILES string of the molecule is S=C(Nc1ccccc1)c1c(-c2ccccc2)c2c3n(c(-c4ccccc4)nn13)CCCC2. The molecule has 1 aliphatic heterocycles. The minimum Gasteiger partial charge on any atom is -0.345 e. The van der Waals surface area contributed by atoms with Gasteiger partial charge < -0.3 is 9.88 Å². The van der Waals surface area contributed by atoms with Crippen LogP contribution >= 0.6 is 12.2 Å². The Kier molecular flexibility index (Phi) is 5.04. The molecule has 5 aromatic rings. The van der Waals surface area contributed by atoms with Crippen LogP contribution in [0.1, 0.15) is 24.1 Å². The van der Waals surface area contributed by atoms with Crippen molar-refractivity contribution in [3.05, 3.63) is 102 Å². The average Bonchev–Trinajstić information content (AvgIpc) is 3.29. The van der Waals surface area contributed by atoms with Gasteiger partial charge in [0.15, 0.2) is 5.82 Å². The summed E-state index contributed by atoms with van der Waals surface area (Å²) in [5.74, 6) is 0.997. The second kappa shape index (κ2) is 8.34. The molecule has 2 aromatic heterocycles. The van der Waals surface area contributed by atoms with Gasteiger partial charge >= 0.3 is 0 Å². The van der Waals surface area contributed by atoms with Crippen LogP contribution in [-0.4, -0.2) is 19.2 Å². The van der Waals surface area contributed by atoms with E-state index in [1.165, 1.54) is 16.7 Å². The van der Waals surface area contributed by atoms with E-state index in [0.717, 1.165) is 54.2 Å². The lowest BCUT2D eigenvalue weighted by molar-refractivity contribution is 0.645. The van der Waals surface area contributed by atoms with Gasteiger partial charge in [-0.15, -0.1) is 5.10 Å². The zero-order valence-corrected chi connectivity index (χ0v) is 19.1. The molecule has 3 aromatic carbocycles. The maximum atomic E-state index is 6.02. The largest absolute Gasteiger partial charge is 0.345 e. The molecule has 0 bridgehead atoms. The second-order valence-corrected chi connectivity index (χ2v) is 8.83. The summed E-state index contributed by atoms with van der Waals surface area (Å²) >= 11 is 6.02. The molecule has 3 heterocycles. The number of aryl methyl sites for hydroxylation is 2. The normalized spacial score (nSPS) is 13.1. The van der Waals surface area contributed by atoms with E-state index < -0.39 is 0 Å². The number of thiocarbonyl (C=S) groups is 1. The number of nitrogens with one attached hydrogen (secondary N) is 1. The summed E-state index contributed by atoms with van der Waals surface area (Å²) in [7, 11) is 0. The minimum atomic E-state index is 0.686. The van der Waals surface area contributed by atoms with E-state index in [9.17, 15) is 0 Å². The van der Waals surface area contributed by atoms with Crippen molar-refractivity contribution in [2.45, 2.75) is 25.8 Å². The Bertz CT molecular complexity index is 1430. The van der Waals surface area contributed by atoms with Crippen molar-refractivity contribution in [2.24, 2.45) is 0 Å². The van der Waals surface area contributed by atoms with E-state index in [4.69, 9.17) is 17.3 Å². The van der Waals surface area contributed by atoms with Gasteiger partial charge in [-0.25, -0.2) is 4.52 Å². The number of anilines is 1. The van der Waals surface area contributed by atoms with Gasteiger partial charge in [-0.1, -0.05) is 91.1 Å². The monoisotopic (exact) mass is 448 g/mol. The molecular formula is C28H24N4S. The first-order valence-electron chi connectivity index (χ1n) is 11.4. The molecule has 0 aliphatic carbocycles. The Morgan fingerprint density at radius 2 is 1.42 bits per heavy atom. The molecule has 0 saturated heterocycles. The van der Waals surface area contributed by atoms with Crippen LogP contribution in [-0.2, 0) is 13.0 Å². The lowest BCUT2D eigenvalue weighted by Gasteiger charge is -2.11. The van der Waals surface area contributed by atoms with Crippen LogP contribution in [0.15, 0.2) is 91.0 Å². The van der Waals surface area contributed by atoms with Gasteiger partial charge in [0, 0.05) is 28.9 Å². The summed E-state index contributed by atoms with van der Waals surface area (Å²) in [6.45, 7) is 0.956. The maximum absolute atomic E-state index is 6.02. The standard InChI is InChI=1S/C28H24N4S/c33-27(29-22-16-8-3-9-17-22)25-24(20-12-4-1-5-13-20)23-18-10-11-19-31-26(30-32(25)28(23)31)21-14-6-2-7-15-21/h1-9,12-17H,10-11,18-19H2,(H,29,33). The van der Waals surface area contributed by atoms with Crippen LogP contribution in [0.25, 0.3) is 28.2 Å². The summed E-state index contributed by atoms with van der Waals surface area (Å²) < 4.78 is 4.47. The molecule has 0 atom stereocenters. The van der Waals surface area contributed by atoms with Crippen LogP contribution in [0, 0.1) is 0 Å². The van der Waals surface area contributed by atoms with E-state index >= 15 is 0 Å². The first-order chi connectivity index (χ1) is 16.3. The van der Waals surface area contributed by atoms with Crippen molar-refractivity contribution < 1.29 is 0 Å². The van der Waals surface area contributed by atoms with E-state index in [0.29, 0.717) is 4.99 Å². The Balaban J connectivity index is 1.63. The van der Waals surface area contributed by atoms with Gasteiger partial charge in [0.2, 0.25) is 0 Å². The summed E-state index contributed by atoms with van der Waals surface area (Å²) in [6, 6.07) is 31.2. The van der Waals surface area contributed by atoms with Crippen molar-refractivity contribution in [3.63, 3.8) is 0 Å². The molecule has 4 nitrogen and oxygen atoms in total. The van der Waals surface area contributed by atoms with Crippen molar-refractivity contribution in [2.75, 3.05) is 5.32 Å². The lowest BCUT2D eigenvalue weighted by atomic mass is 9.98. The molecule has 1 N–H and O–H groups in total. The number of nitrogens with zero attached hydrogens (tertiary/aromatic N) is 3. The van der Waals surface area contributed by atoms with Crippen LogP contribution < -0.4 is 5.32 Å². The summed E-state index contributed by atoms with van der Waals surface area (Å²) in [4.78, 5) is 0.686. The highest BCUT2D eigenvalue weighted by molar-refractivity contribution is 7.81. The Hall–Kier alpha value is -3.70. The highest BCUT2D eigenvalue weighted by Crippen LogP contribution is 2.38. The van der Waals surface area contributed by atoms with E-state index in [-0.39, 0.29) is 0 Å². The predicted octanol–water partition coefficient (Wildman–Crippen LogP) is 6.59. The molecule has 162 valence electrons. The van der Waals surface area contributed by atoms with Gasteiger partial charge in [-0.3, -0.25) is 0 Å². The molecule has 0 saturated carbocycles. The second-order valence-electron chi connectivity index (χ2n) is 8.42. The zero-order valence-electron chi connectivity index (χ0n) is 18.2. The Morgan fingerprint density at radius 1 is 0.788 bits per heavy atom. The number of hydrogen-bond donors (Lipinski definition) is 1. The number of benzene rings is 3. The number of para-hydroxylation sites is 1. The quantitative estimate of drug-likeness (QED) is 0.315. The maximum Gasteiger partial charge on any atom is 0.162 e. The Morgan fingerprint density at radius 3 is 2.12 bits per heavy atom. The first kappa shape index (κ1) is 19.9. The first-order valence-corrected chi connectivity index (χ1v) is 11.8. The van der Waals surface area contributed by atoms with Crippen molar-refractivity contribution in [3.8, 4) is 22.5 Å². The van der Waals surface area contributed by atoms with Crippen LogP contribution in [0.2, 0.25) is 0 Å². The van der Waals surface area contributed by atoms with Gasteiger partial charge in [0.25, 0.3) is 0 Å². The number of hydrogen-bond acceptors (Lipinski definition) is 2. The molecule has 6 rings (SSSR count). The topological polar surface area (TPSA) is 34.3 Å². The minimum absolute atomic E-state index is 0.686. The fourth-order valence-electron chi connectivity index (χ4n) is 4.88. The summed E-state index contributed by atoms with van der Waals surface area (Å²) in [6.07, 6.45) is 3.30. The molecule has 0 radical (unpaired) electrons. The van der Waals surface area contributed by atoms with E-state index in [1.807, 2.05) is 36.4 Å². The van der Waals surface area contributed by atoms with Crippen LogP contribution in [0.5, 0.6) is 0 Å². The zero-order chi connectivity index (χ0) is 22.2. The molecule has 0 amide bonds. The third-order valence-electron chi connectivity index (χ3n) is 6.33. The molecule has 1 aliphatic rings. The third-order valence-corrected chi connectivity index (χ3v) is 6.62. The predicted molar refractivity (Wildman–Crippen MR) is 139 cm³/mol. The van der Waals surface area contributed by atoms with Gasteiger partial charge in [0.05, 0.1) is 0 Å². The molecular weight excluding hydrogens is 424 g/mol. The fraction of sp³-hybridized carbons (Fsp3) is 0.143. The van der Waals surface area contributed by atoms with Crippen LogP contribution in [0.3, 0.4) is 0 Å². The molecule has 0 spiro atoms. The smallest absolute Gasteiger partial charge is 0.162 e. The lowest BCUT2D eigenvalue weighted by Crippen LogP contribution is -2.14. The highest BCUT2D eigenvalue weighted by atomic mass is 32.1. The van der Waals surface area contributed by atoms with E-state index in [1.54, 1.807) is 0 Å².